The van der Waals surface area contributed by atoms with Crippen LogP contribution >= 0.6 is 0 Å². The van der Waals surface area contributed by atoms with Gasteiger partial charge in [0.15, 0.2) is 0 Å². The van der Waals surface area contributed by atoms with Crippen molar-refractivity contribution in [3.05, 3.63) is 38.9 Å². The molecule has 3 nitrogen and oxygen atoms in total. The van der Waals surface area contributed by atoms with Crippen molar-refractivity contribution in [1.82, 2.24) is 0 Å². The third-order valence-electron chi connectivity index (χ3n) is 5.35. The maximum Gasteiger partial charge on any atom is 0.272 e. The SMILES string of the molecule is CCc1cc2c(cc1[N+](=O)[O-])C(C)(C)C(C)C2(C)C. The van der Waals surface area contributed by atoms with Gasteiger partial charge in [-0.1, -0.05) is 41.5 Å². The predicted molar refractivity (Wildman–Crippen MR) is 77.7 cm³/mol. The highest BCUT2D eigenvalue weighted by Gasteiger charge is 2.49. The standard InChI is InChI=1S/C16H23NO2/c1-7-11-8-12-13(9-14(11)17(18)19)16(5,6)10(2)15(12,3)4/h8-10H,7H2,1-6H3. The highest BCUT2D eigenvalue weighted by Crippen LogP contribution is 2.54. The Morgan fingerprint density at radius 2 is 1.63 bits per heavy atom. The first-order valence-corrected chi connectivity index (χ1v) is 6.96. The van der Waals surface area contributed by atoms with Gasteiger partial charge in [-0.2, -0.15) is 0 Å². The van der Waals surface area contributed by atoms with Crippen LogP contribution < -0.4 is 0 Å². The molecular weight excluding hydrogens is 238 g/mol. The molecule has 2 rings (SSSR count). The van der Waals surface area contributed by atoms with Crippen LogP contribution in [0.4, 0.5) is 5.69 Å². The summed E-state index contributed by atoms with van der Waals surface area (Å²) in [6.45, 7) is 13.1. The third-order valence-corrected chi connectivity index (χ3v) is 5.35. The lowest BCUT2D eigenvalue weighted by Gasteiger charge is -2.32. The van der Waals surface area contributed by atoms with Crippen molar-refractivity contribution in [2.45, 2.75) is 58.8 Å². The largest absolute Gasteiger partial charge is 0.272 e. The van der Waals surface area contributed by atoms with Gasteiger partial charge < -0.3 is 0 Å². The number of nitro benzene ring substituents is 1. The van der Waals surface area contributed by atoms with Crippen LogP contribution in [0.1, 0.15) is 58.2 Å². The molecule has 0 aliphatic heterocycles. The summed E-state index contributed by atoms with van der Waals surface area (Å²) >= 11 is 0. The number of rotatable bonds is 2. The molecule has 3 heteroatoms. The van der Waals surface area contributed by atoms with E-state index in [9.17, 15) is 10.1 Å². The smallest absolute Gasteiger partial charge is 0.258 e. The van der Waals surface area contributed by atoms with Gasteiger partial charge in [0.05, 0.1) is 4.92 Å². The van der Waals surface area contributed by atoms with Crippen molar-refractivity contribution in [3.63, 3.8) is 0 Å². The maximum absolute atomic E-state index is 11.2. The van der Waals surface area contributed by atoms with Gasteiger partial charge in [-0.15, -0.1) is 0 Å². The number of fused-ring (bicyclic) bond motifs is 1. The number of nitro groups is 1. The Kier molecular flexibility index (Phi) is 3.00. The number of hydrogen-bond acceptors (Lipinski definition) is 2. The van der Waals surface area contributed by atoms with E-state index in [4.69, 9.17) is 0 Å². The normalized spacial score (nSPS) is 23.2. The Hall–Kier alpha value is -1.38. The zero-order chi connectivity index (χ0) is 14.6. The summed E-state index contributed by atoms with van der Waals surface area (Å²) in [4.78, 5) is 11.0. The van der Waals surface area contributed by atoms with Gasteiger partial charge >= 0.3 is 0 Å². The van der Waals surface area contributed by atoms with Crippen molar-refractivity contribution in [3.8, 4) is 0 Å². The van der Waals surface area contributed by atoms with Gasteiger partial charge in [-0.25, -0.2) is 0 Å². The Morgan fingerprint density at radius 1 is 1.16 bits per heavy atom. The van der Waals surface area contributed by atoms with Crippen molar-refractivity contribution in [2.24, 2.45) is 5.92 Å². The van der Waals surface area contributed by atoms with E-state index in [1.165, 1.54) is 5.56 Å². The summed E-state index contributed by atoms with van der Waals surface area (Å²) in [5.41, 5.74) is 3.61. The molecule has 0 saturated carbocycles. The fraction of sp³-hybridized carbons (Fsp3) is 0.625. The van der Waals surface area contributed by atoms with E-state index in [1.807, 2.05) is 13.0 Å². The molecule has 19 heavy (non-hydrogen) atoms. The average molecular weight is 261 g/mol. The molecule has 104 valence electrons. The van der Waals surface area contributed by atoms with Gasteiger partial charge in [-0.3, -0.25) is 10.1 Å². The van der Waals surface area contributed by atoms with Crippen LogP contribution in [0.2, 0.25) is 0 Å². The van der Waals surface area contributed by atoms with E-state index in [1.54, 1.807) is 0 Å². The first-order valence-electron chi connectivity index (χ1n) is 6.96. The van der Waals surface area contributed by atoms with Gasteiger partial charge in [0.1, 0.15) is 0 Å². The van der Waals surface area contributed by atoms with E-state index in [0.29, 0.717) is 12.3 Å². The fourth-order valence-electron chi connectivity index (χ4n) is 3.52. The second kappa shape index (κ2) is 4.06. The number of benzene rings is 1. The number of nitrogens with zero attached hydrogens (tertiary/aromatic N) is 1. The molecule has 1 atom stereocenters. The molecule has 0 saturated heterocycles. The molecular formula is C16H23NO2. The molecule has 1 unspecified atom stereocenters. The molecule has 1 aliphatic carbocycles. The van der Waals surface area contributed by atoms with Gasteiger partial charge in [0, 0.05) is 11.6 Å². The van der Waals surface area contributed by atoms with Gasteiger partial charge in [0.25, 0.3) is 5.69 Å². The van der Waals surface area contributed by atoms with Crippen molar-refractivity contribution >= 4 is 5.69 Å². The van der Waals surface area contributed by atoms with Crippen LogP contribution in [0.5, 0.6) is 0 Å². The van der Waals surface area contributed by atoms with Crippen LogP contribution in [0.15, 0.2) is 12.1 Å². The zero-order valence-electron chi connectivity index (χ0n) is 12.7. The van der Waals surface area contributed by atoms with Crippen LogP contribution in [-0.4, -0.2) is 4.92 Å². The number of hydrogen-bond donors (Lipinski definition) is 0. The van der Waals surface area contributed by atoms with Crippen molar-refractivity contribution in [2.75, 3.05) is 0 Å². The molecule has 0 aromatic heterocycles. The minimum absolute atomic E-state index is 0.0180. The van der Waals surface area contributed by atoms with Crippen LogP contribution in [-0.2, 0) is 17.3 Å². The third kappa shape index (κ3) is 1.78. The lowest BCUT2D eigenvalue weighted by molar-refractivity contribution is -0.385. The Balaban J connectivity index is 2.77. The van der Waals surface area contributed by atoms with Crippen molar-refractivity contribution < 1.29 is 4.92 Å². The second-order valence-electron chi connectivity index (χ2n) is 6.80. The summed E-state index contributed by atoms with van der Waals surface area (Å²) in [6, 6.07) is 3.89. The molecule has 0 fully saturated rings. The predicted octanol–water partition coefficient (Wildman–Crippen LogP) is 4.36. The van der Waals surface area contributed by atoms with Crippen LogP contribution in [0.3, 0.4) is 0 Å². The molecule has 1 aromatic carbocycles. The molecule has 0 radical (unpaired) electrons. The second-order valence-corrected chi connectivity index (χ2v) is 6.80. The topological polar surface area (TPSA) is 43.1 Å². The highest BCUT2D eigenvalue weighted by molar-refractivity contribution is 5.55. The molecule has 0 heterocycles. The minimum Gasteiger partial charge on any atom is -0.258 e. The maximum atomic E-state index is 11.2. The van der Waals surface area contributed by atoms with Gasteiger partial charge in [0.2, 0.25) is 0 Å². The quantitative estimate of drug-likeness (QED) is 0.586. The lowest BCUT2D eigenvalue weighted by atomic mass is 9.71. The van der Waals surface area contributed by atoms with E-state index in [-0.39, 0.29) is 21.4 Å². The highest BCUT2D eigenvalue weighted by atomic mass is 16.6. The van der Waals surface area contributed by atoms with E-state index < -0.39 is 0 Å². The first kappa shape index (κ1) is 14.0. The first-order chi connectivity index (χ1) is 8.64. The molecule has 1 aliphatic rings. The molecule has 0 N–H and O–H groups in total. The Bertz CT molecular complexity index is 544. The lowest BCUT2D eigenvalue weighted by Crippen LogP contribution is -2.30. The number of aryl methyl sites for hydroxylation is 1. The zero-order valence-corrected chi connectivity index (χ0v) is 12.7. The average Bonchev–Trinajstić information content (AvgIpc) is 2.47. The minimum atomic E-state index is -0.245. The van der Waals surface area contributed by atoms with E-state index in [0.717, 1.165) is 11.1 Å². The molecule has 1 aromatic rings. The Morgan fingerprint density at radius 3 is 2.05 bits per heavy atom. The van der Waals surface area contributed by atoms with Crippen LogP contribution in [0.25, 0.3) is 0 Å². The van der Waals surface area contributed by atoms with Gasteiger partial charge in [-0.05, 0) is 40.4 Å². The summed E-state index contributed by atoms with van der Waals surface area (Å²) < 4.78 is 0. The summed E-state index contributed by atoms with van der Waals surface area (Å²) in [6.07, 6.45) is 0.703. The Labute approximate surface area is 115 Å². The summed E-state index contributed by atoms with van der Waals surface area (Å²) in [5, 5.41) is 11.2. The fourth-order valence-corrected chi connectivity index (χ4v) is 3.52. The summed E-state index contributed by atoms with van der Waals surface area (Å²) in [7, 11) is 0. The summed E-state index contributed by atoms with van der Waals surface area (Å²) in [5.74, 6) is 0.460. The van der Waals surface area contributed by atoms with Crippen molar-refractivity contribution in [1.29, 1.82) is 0 Å². The van der Waals surface area contributed by atoms with Crippen LogP contribution in [0, 0.1) is 16.0 Å². The molecule has 0 bridgehead atoms. The van der Waals surface area contributed by atoms with E-state index >= 15 is 0 Å². The van der Waals surface area contributed by atoms with E-state index in [2.05, 4.69) is 40.7 Å². The molecule has 0 spiro atoms. The molecule has 0 amide bonds. The monoisotopic (exact) mass is 261 g/mol.